The Morgan fingerprint density at radius 1 is 1.15 bits per heavy atom. The van der Waals surface area contributed by atoms with Gasteiger partial charge in [-0.1, -0.05) is 31.2 Å². The molecule has 0 spiro atoms. The standard InChI is InChI=1S/C19H20N4O4/c1-3-14-7-4-5-10-17(14)20-18(24)11-13(2)21-22-19(25)15-8-6-9-16(12-15)23(26)27/h4-10,12H,3,11H2,1-2H3,(H,20,24)(H,22,25)/b21-13+. The van der Waals surface area contributed by atoms with Crippen molar-refractivity contribution in [2.24, 2.45) is 5.10 Å². The van der Waals surface area contributed by atoms with Crippen LogP contribution in [0.1, 0.15) is 36.2 Å². The maximum Gasteiger partial charge on any atom is 0.271 e. The number of nitrogens with one attached hydrogen (secondary N) is 2. The van der Waals surface area contributed by atoms with Crippen LogP contribution in [0, 0.1) is 10.1 Å². The molecule has 0 aliphatic heterocycles. The van der Waals surface area contributed by atoms with Crippen LogP contribution in [0.2, 0.25) is 0 Å². The highest BCUT2D eigenvalue weighted by atomic mass is 16.6. The highest BCUT2D eigenvalue weighted by Crippen LogP contribution is 2.16. The summed E-state index contributed by atoms with van der Waals surface area (Å²) in [5.41, 5.74) is 4.41. The van der Waals surface area contributed by atoms with E-state index in [2.05, 4.69) is 15.8 Å². The molecule has 0 unspecified atom stereocenters. The van der Waals surface area contributed by atoms with E-state index in [1.54, 1.807) is 6.92 Å². The van der Waals surface area contributed by atoms with E-state index in [0.29, 0.717) is 5.71 Å². The molecule has 0 fully saturated rings. The van der Waals surface area contributed by atoms with Gasteiger partial charge < -0.3 is 5.32 Å². The molecule has 8 heteroatoms. The van der Waals surface area contributed by atoms with Gasteiger partial charge in [-0.3, -0.25) is 19.7 Å². The second-order valence-corrected chi connectivity index (χ2v) is 5.83. The molecule has 0 atom stereocenters. The molecule has 0 heterocycles. The van der Waals surface area contributed by atoms with Gasteiger partial charge in [0.1, 0.15) is 0 Å². The summed E-state index contributed by atoms with van der Waals surface area (Å²) >= 11 is 0. The molecule has 2 aromatic carbocycles. The van der Waals surface area contributed by atoms with Gasteiger partial charge in [0, 0.05) is 29.1 Å². The molecule has 0 aliphatic rings. The van der Waals surface area contributed by atoms with Crippen molar-refractivity contribution in [1.82, 2.24) is 5.43 Å². The zero-order valence-corrected chi connectivity index (χ0v) is 15.1. The molecule has 0 saturated heterocycles. The van der Waals surface area contributed by atoms with Crippen molar-refractivity contribution >= 4 is 28.9 Å². The Bertz CT molecular complexity index is 893. The van der Waals surface area contributed by atoms with E-state index in [1.807, 2.05) is 31.2 Å². The van der Waals surface area contributed by atoms with Crippen LogP contribution in [-0.2, 0) is 11.2 Å². The molecular formula is C19H20N4O4. The highest BCUT2D eigenvalue weighted by Gasteiger charge is 2.12. The van der Waals surface area contributed by atoms with E-state index in [-0.39, 0.29) is 23.6 Å². The summed E-state index contributed by atoms with van der Waals surface area (Å²) in [5, 5.41) is 17.5. The number of nitro benzene ring substituents is 1. The molecule has 2 rings (SSSR count). The molecule has 0 aromatic heterocycles. The van der Waals surface area contributed by atoms with Crippen molar-refractivity contribution in [2.75, 3.05) is 5.32 Å². The zero-order valence-electron chi connectivity index (χ0n) is 15.1. The van der Waals surface area contributed by atoms with Crippen molar-refractivity contribution < 1.29 is 14.5 Å². The number of amides is 2. The summed E-state index contributed by atoms with van der Waals surface area (Å²) in [6.45, 7) is 3.61. The quantitative estimate of drug-likeness (QED) is 0.443. The third kappa shape index (κ3) is 5.74. The molecular weight excluding hydrogens is 348 g/mol. The Morgan fingerprint density at radius 2 is 1.89 bits per heavy atom. The van der Waals surface area contributed by atoms with E-state index in [4.69, 9.17) is 0 Å². The molecule has 140 valence electrons. The smallest absolute Gasteiger partial charge is 0.271 e. The zero-order chi connectivity index (χ0) is 19.8. The first kappa shape index (κ1) is 19.8. The van der Waals surface area contributed by atoms with E-state index < -0.39 is 10.8 Å². The van der Waals surface area contributed by atoms with Crippen LogP contribution in [0.15, 0.2) is 53.6 Å². The van der Waals surface area contributed by atoms with Crippen molar-refractivity contribution in [2.45, 2.75) is 26.7 Å². The Balaban J connectivity index is 1.95. The number of nitro groups is 1. The second kappa shape index (κ2) is 9.23. The van der Waals surface area contributed by atoms with Crippen molar-refractivity contribution in [3.63, 3.8) is 0 Å². The number of anilines is 1. The Hall–Kier alpha value is -3.55. The van der Waals surface area contributed by atoms with E-state index in [9.17, 15) is 19.7 Å². The Morgan fingerprint density at radius 3 is 2.59 bits per heavy atom. The van der Waals surface area contributed by atoms with Crippen LogP contribution in [0.5, 0.6) is 0 Å². The molecule has 27 heavy (non-hydrogen) atoms. The molecule has 0 saturated carbocycles. The van der Waals surface area contributed by atoms with Gasteiger partial charge in [-0.15, -0.1) is 0 Å². The van der Waals surface area contributed by atoms with Gasteiger partial charge in [-0.2, -0.15) is 5.10 Å². The number of para-hydroxylation sites is 1. The van der Waals surface area contributed by atoms with Crippen LogP contribution in [0.25, 0.3) is 0 Å². The first-order valence-electron chi connectivity index (χ1n) is 8.36. The maximum atomic E-state index is 12.1. The van der Waals surface area contributed by atoms with Crippen molar-refractivity contribution in [3.8, 4) is 0 Å². The van der Waals surface area contributed by atoms with Gasteiger partial charge in [-0.25, -0.2) is 5.43 Å². The lowest BCUT2D eigenvalue weighted by Crippen LogP contribution is -2.21. The number of carbonyl (C=O) groups excluding carboxylic acids is 2. The minimum atomic E-state index is -0.588. The molecule has 2 aromatic rings. The lowest BCUT2D eigenvalue weighted by Gasteiger charge is -2.09. The third-order valence-electron chi connectivity index (χ3n) is 3.76. The number of carbonyl (C=O) groups is 2. The summed E-state index contributed by atoms with van der Waals surface area (Å²) in [6.07, 6.45) is 0.802. The number of hydrazone groups is 1. The minimum absolute atomic E-state index is 0.00721. The first-order valence-corrected chi connectivity index (χ1v) is 8.36. The van der Waals surface area contributed by atoms with Gasteiger partial charge >= 0.3 is 0 Å². The second-order valence-electron chi connectivity index (χ2n) is 5.83. The number of hydrogen-bond acceptors (Lipinski definition) is 5. The van der Waals surface area contributed by atoms with Gasteiger partial charge in [0.05, 0.1) is 11.3 Å². The lowest BCUT2D eigenvalue weighted by atomic mass is 10.1. The SMILES string of the molecule is CCc1ccccc1NC(=O)C/C(C)=N/NC(=O)c1cccc([N+](=O)[O-])c1. The molecule has 2 amide bonds. The van der Waals surface area contributed by atoms with Crippen LogP contribution >= 0.6 is 0 Å². The fraction of sp³-hybridized carbons (Fsp3) is 0.211. The average Bonchev–Trinajstić information content (AvgIpc) is 2.66. The van der Waals surface area contributed by atoms with Crippen molar-refractivity contribution in [1.29, 1.82) is 0 Å². The third-order valence-corrected chi connectivity index (χ3v) is 3.76. The summed E-state index contributed by atoms with van der Waals surface area (Å²) in [4.78, 5) is 34.4. The minimum Gasteiger partial charge on any atom is -0.326 e. The van der Waals surface area contributed by atoms with E-state index in [1.165, 1.54) is 18.2 Å². The Labute approximate surface area is 156 Å². The largest absolute Gasteiger partial charge is 0.326 e. The summed E-state index contributed by atoms with van der Waals surface area (Å²) in [6, 6.07) is 12.8. The van der Waals surface area contributed by atoms with Crippen LogP contribution in [0.3, 0.4) is 0 Å². The predicted octanol–water partition coefficient (Wildman–Crippen LogP) is 3.29. The van der Waals surface area contributed by atoms with Crippen LogP contribution < -0.4 is 10.7 Å². The van der Waals surface area contributed by atoms with Gasteiger partial charge in [0.15, 0.2) is 0 Å². The number of rotatable bonds is 7. The molecule has 8 nitrogen and oxygen atoms in total. The van der Waals surface area contributed by atoms with Crippen LogP contribution in [-0.4, -0.2) is 22.4 Å². The molecule has 0 aliphatic carbocycles. The normalized spacial score (nSPS) is 11.0. The number of hydrogen-bond donors (Lipinski definition) is 2. The summed E-state index contributed by atoms with van der Waals surface area (Å²) < 4.78 is 0. The topological polar surface area (TPSA) is 114 Å². The molecule has 0 radical (unpaired) electrons. The van der Waals surface area contributed by atoms with E-state index in [0.717, 1.165) is 23.7 Å². The maximum absolute atomic E-state index is 12.1. The number of non-ortho nitro benzene ring substituents is 1. The monoisotopic (exact) mass is 368 g/mol. The van der Waals surface area contributed by atoms with Crippen molar-refractivity contribution in [3.05, 3.63) is 69.8 Å². The first-order chi connectivity index (χ1) is 12.9. The highest BCUT2D eigenvalue weighted by molar-refractivity contribution is 6.06. The van der Waals surface area contributed by atoms with Gasteiger partial charge in [-0.05, 0) is 31.0 Å². The molecule has 2 N–H and O–H groups in total. The van der Waals surface area contributed by atoms with Gasteiger partial charge in [0.2, 0.25) is 5.91 Å². The lowest BCUT2D eigenvalue weighted by molar-refractivity contribution is -0.384. The average molecular weight is 368 g/mol. The van der Waals surface area contributed by atoms with Gasteiger partial charge in [0.25, 0.3) is 11.6 Å². The number of nitrogens with zero attached hydrogens (tertiary/aromatic N) is 2. The summed E-state index contributed by atoms with van der Waals surface area (Å²) in [7, 11) is 0. The number of aryl methyl sites for hydroxylation is 1. The number of benzene rings is 2. The molecule has 0 bridgehead atoms. The summed E-state index contributed by atoms with van der Waals surface area (Å²) in [5.74, 6) is -0.837. The fourth-order valence-corrected chi connectivity index (χ4v) is 2.39. The fourth-order valence-electron chi connectivity index (χ4n) is 2.39. The predicted molar refractivity (Wildman–Crippen MR) is 103 cm³/mol. The van der Waals surface area contributed by atoms with Crippen LogP contribution in [0.4, 0.5) is 11.4 Å². The van der Waals surface area contributed by atoms with E-state index >= 15 is 0 Å². The Kier molecular flexibility index (Phi) is 6.76.